The first kappa shape index (κ1) is 24.7. The molecule has 0 saturated carbocycles. The minimum atomic E-state index is -1.23. The van der Waals surface area contributed by atoms with E-state index < -0.39 is 17.9 Å². The lowest BCUT2D eigenvalue weighted by atomic mass is 10.0. The Morgan fingerprint density at radius 2 is 1.80 bits per heavy atom. The van der Waals surface area contributed by atoms with Gasteiger partial charge in [-0.1, -0.05) is 48.2 Å². The van der Waals surface area contributed by atoms with Gasteiger partial charge in [0.1, 0.15) is 15.9 Å². The zero-order valence-electron chi connectivity index (χ0n) is 19.4. The van der Waals surface area contributed by atoms with Crippen molar-refractivity contribution in [3.63, 3.8) is 0 Å². The molecule has 0 aliphatic carbocycles. The van der Waals surface area contributed by atoms with E-state index in [0.29, 0.717) is 5.69 Å². The molecule has 2 heterocycles. The number of amides is 2. The van der Waals surface area contributed by atoms with Gasteiger partial charge in [-0.25, -0.2) is 14.8 Å². The van der Waals surface area contributed by atoms with Gasteiger partial charge in [0.25, 0.3) is 11.8 Å². The molecule has 9 nitrogen and oxygen atoms in total. The van der Waals surface area contributed by atoms with Crippen molar-refractivity contribution >= 4 is 57.8 Å². The monoisotopic (exact) mass is 513 g/mol. The molecule has 2 fully saturated rings. The molecule has 2 aromatic carbocycles. The smallest absolute Gasteiger partial charge is 0.340 e. The molecular formula is C24H23N3O6S2. The van der Waals surface area contributed by atoms with Crippen LogP contribution in [0.15, 0.2) is 47.4 Å². The lowest BCUT2D eigenvalue weighted by Gasteiger charge is -2.26. The van der Waals surface area contributed by atoms with Gasteiger partial charge in [0, 0.05) is 7.05 Å². The Morgan fingerprint density at radius 3 is 2.40 bits per heavy atom. The molecule has 2 atom stereocenters. The number of anilines is 1. The van der Waals surface area contributed by atoms with Crippen LogP contribution in [0, 0.1) is 0 Å². The van der Waals surface area contributed by atoms with Crippen molar-refractivity contribution in [1.82, 2.24) is 9.91 Å². The Labute approximate surface area is 211 Å². The molecule has 0 unspecified atom stereocenters. The van der Waals surface area contributed by atoms with Crippen LogP contribution in [-0.4, -0.2) is 70.5 Å². The number of carboxylic acids is 1. The van der Waals surface area contributed by atoms with E-state index in [1.54, 1.807) is 18.1 Å². The van der Waals surface area contributed by atoms with E-state index in [4.69, 9.17) is 21.7 Å². The molecule has 2 saturated heterocycles. The van der Waals surface area contributed by atoms with Crippen molar-refractivity contribution in [1.29, 1.82) is 0 Å². The highest BCUT2D eigenvalue weighted by molar-refractivity contribution is 8.26. The van der Waals surface area contributed by atoms with Gasteiger partial charge >= 0.3 is 5.97 Å². The van der Waals surface area contributed by atoms with E-state index >= 15 is 0 Å². The molecule has 2 aliphatic rings. The third-order valence-corrected chi connectivity index (χ3v) is 7.33. The van der Waals surface area contributed by atoms with Gasteiger partial charge in [-0.3, -0.25) is 14.5 Å². The molecule has 11 heteroatoms. The van der Waals surface area contributed by atoms with Gasteiger partial charge in [-0.05, 0) is 36.8 Å². The van der Waals surface area contributed by atoms with E-state index in [-0.39, 0.29) is 43.8 Å². The number of ether oxygens (including phenoxy) is 2. The summed E-state index contributed by atoms with van der Waals surface area (Å²) in [5.74, 6) is -1.67. The van der Waals surface area contributed by atoms with E-state index in [0.717, 1.165) is 11.8 Å². The predicted octanol–water partition coefficient (Wildman–Crippen LogP) is 3.25. The molecule has 2 aromatic rings. The van der Waals surface area contributed by atoms with Gasteiger partial charge in [-0.15, -0.1) is 0 Å². The normalized spacial score (nSPS) is 21.8. The molecule has 1 N–H and O–H groups in total. The van der Waals surface area contributed by atoms with Crippen LogP contribution in [-0.2, 0) is 9.59 Å². The highest BCUT2D eigenvalue weighted by atomic mass is 32.2. The van der Waals surface area contributed by atoms with Crippen LogP contribution < -0.4 is 14.5 Å². The number of benzene rings is 2. The Balaban J connectivity index is 1.71. The number of carbonyl (C=O) groups excluding carboxylic acids is 2. The van der Waals surface area contributed by atoms with E-state index in [9.17, 15) is 19.5 Å². The van der Waals surface area contributed by atoms with Crippen molar-refractivity contribution in [2.75, 3.05) is 26.3 Å². The van der Waals surface area contributed by atoms with Crippen LogP contribution >= 0.6 is 24.0 Å². The first-order valence-electron chi connectivity index (χ1n) is 10.6. The van der Waals surface area contributed by atoms with Crippen LogP contribution in [0.25, 0.3) is 6.08 Å². The van der Waals surface area contributed by atoms with Gasteiger partial charge in [-0.2, -0.15) is 0 Å². The fraction of sp³-hybridized carbons (Fsp3) is 0.250. The quantitative estimate of drug-likeness (QED) is 0.461. The van der Waals surface area contributed by atoms with Crippen LogP contribution in [0.5, 0.6) is 11.5 Å². The summed E-state index contributed by atoms with van der Waals surface area (Å²) >= 11 is 6.52. The fourth-order valence-electron chi connectivity index (χ4n) is 4.22. The number of aromatic carboxylic acids is 1. The fourth-order valence-corrected chi connectivity index (χ4v) is 5.54. The minimum Gasteiger partial charge on any atom is -0.493 e. The number of rotatable bonds is 6. The molecule has 0 aromatic heterocycles. The number of thioether (sulfide) groups is 1. The maximum Gasteiger partial charge on any atom is 0.340 e. The van der Waals surface area contributed by atoms with Crippen molar-refractivity contribution in [3.05, 3.63) is 58.5 Å². The Bertz CT molecular complexity index is 1250. The second kappa shape index (κ2) is 9.68. The maximum atomic E-state index is 13.5. The van der Waals surface area contributed by atoms with Crippen molar-refractivity contribution in [3.8, 4) is 11.5 Å². The third kappa shape index (κ3) is 4.15. The zero-order chi connectivity index (χ0) is 25.4. The Kier molecular flexibility index (Phi) is 6.84. The first-order valence-corrected chi connectivity index (χ1v) is 11.8. The summed E-state index contributed by atoms with van der Waals surface area (Å²) in [6.45, 7) is 1.85. The summed E-state index contributed by atoms with van der Waals surface area (Å²) in [4.78, 5) is 40.5. The Hall–Kier alpha value is -3.41. The largest absolute Gasteiger partial charge is 0.493 e. The van der Waals surface area contributed by atoms with Crippen molar-refractivity contribution < 1.29 is 29.0 Å². The summed E-state index contributed by atoms with van der Waals surface area (Å²) in [6.07, 6.45) is 1.45. The van der Waals surface area contributed by atoms with Crippen LogP contribution in [0.1, 0.15) is 22.8 Å². The number of carboxylic acid groups (broad SMARTS) is 1. The second-order valence-electron chi connectivity index (χ2n) is 7.87. The number of para-hydroxylation sites is 1. The summed E-state index contributed by atoms with van der Waals surface area (Å²) in [5, 5.41) is 13.1. The maximum absolute atomic E-state index is 13.5. The van der Waals surface area contributed by atoms with Gasteiger partial charge in [0.15, 0.2) is 11.5 Å². The summed E-state index contributed by atoms with van der Waals surface area (Å²) < 4.78 is 10.7. The van der Waals surface area contributed by atoms with Gasteiger partial charge < -0.3 is 14.6 Å². The average Bonchev–Trinajstić information content (AvgIpc) is 3.23. The molecule has 0 bridgehead atoms. The number of nitrogens with zero attached hydrogens (tertiary/aromatic N) is 3. The third-order valence-electron chi connectivity index (χ3n) is 6.00. The number of thiocarbonyl (C=S) groups is 1. The summed E-state index contributed by atoms with van der Waals surface area (Å²) in [5.41, 5.74) is 0.800. The van der Waals surface area contributed by atoms with Crippen LogP contribution in [0.4, 0.5) is 5.69 Å². The summed E-state index contributed by atoms with van der Waals surface area (Å²) in [7, 11) is 4.53. The molecule has 182 valence electrons. The van der Waals surface area contributed by atoms with E-state index in [2.05, 4.69) is 0 Å². The predicted molar refractivity (Wildman–Crippen MR) is 136 cm³/mol. The van der Waals surface area contributed by atoms with Crippen LogP contribution in [0.3, 0.4) is 0 Å². The van der Waals surface area contributed by atoms with E-state index in [1.807, 2.05) is 37.3 Å². The average molecular weight is 514 g/mol. The van der Waals surface area contributed by atoms with Gasteiger partial charge in [0.2, 0.25) is 0 Å². The standard InChI is InChI=1S/C24H23N3O6S2/c1-13-19(22(29)27(25(13)2)15-8-6-5-7-9-15)26-21(28)17(35-24(26)34)12-14-10-11-16(32-3)20(33-4)18(14)23(30)31/h5-13,19H,1-4H3,(H,30,31)/b17-12-/t13-,19+/m0/s1. The molecule has 2 amide bonds. The SMILES string of the molecule is COc1ccc(/C=C2\SC(=S)N([C@H]3C(=O)N(c4ccccc4)N(C)[C@H]3C)C2=O)c(C(=O)O)c1OC. The first-order chi connectivity index (χ1) is 16.7. The highest BCUT2D eigenvalue weighted by Gasteiger charge is 2.51. The number of likely N-dealkylation sites (N-methyl/N-ethyl adjacent to an activating group) is 1. The molecule has 35 heavy (non-hydrogen) atoms. The molecule has 0 spiro atoms. The zero-order valence-corrected chi connectivity index (χ0v) is 21.1. The Morgan fingerprint density at radius 1 is 1.11 bits per heavy atom. The van der Waals surface area contributed by atoms with E-state index in [1.165, 1.54) is 36.3 Å². The number of hydrazine groups is 1. The molecule has 4 rings (SSSR count). The second-order valence-corrected chi connectivity index (χ2v) is 9.54. The number of hydrogen-bond acceptors (Lipinski definition) is 8. The van der Waals surface area contributed by atoms with Crippen LogP contribution in [0.2, 0.25) is 0 Å². The lowest BCUT2D eigenvalue weighted by molar-refractivity contribution is -0.130. The lowest BCUT2D eigenvalue weighted by Crippen LogP contribution is -2.48. The number of hydrogen-bond donors (Lipinski definition) is 1. The highest BCUT2D eigenvalue weighted by Crippen LogP contribution is 2.40. The molecular weight excluding hydrogens is 490 g/mol. The topological polar surface area (TPSA) is 99.6 Å². The minimum absolute atomic E-state index is 0.0453. The number of carbonyl (C=O) groups is 3. The van der Waals surface area contributed by atoms with Crippen molar-refractivity contribution in [2.45, 2.75) is 19.0 Å². The number of methoxy groups -OCH3 is 2. The summed E-state index contributed by atoms with van der Waals surface area (Å²) in [6, 6.07) is 11.1. The van der Waals surface area contributed by atoms with Gasteiger partial charge in [0.05, 0.1) is 30.9 Å². The molecule has 2 aliphatic heterocycles. The van der Waals surface area contributed by atoms with Crippen molar-refractivity contribution in [2.24, 2.45) is 0 Å². The molecule has 0 radical (unpaired) electrons.